The predicted octanol–water partition coefficient (Wildman–Crippen LogP) is 2.87. The molecule has 0 aliphatic carbocycles. The first kappa shape index (κ1) is 15.3. The van der Waals surface area contributed by atoms with Gasteiger partial charge in [0.2, 0.25) is 0 Å². The van der Waals surface area contributed by atoms with E-state index in [1.165, 1.54) is 9.75 Å². The SMILES string of the molecule is Cc1ccc(CN2C[C@@H](OCc3ccccn3)[C@H]3COC[C@H]32)s1. The van der Waals surface area contributed by atoms with Crippen molar-refractivity contribution in [1.82, 2.24) is 9.88 Å². The lowest BCUT2D eigenvalue weighted by molar-refractivity contribution is 0.00745. The zero-order valence-corrected chi connectivity index (χ0v) is 14.2. The van der Waals surface area contributed by atoms with Gasteiger partial charge in [-0.1, -0.05) is 6.07 Å². The van der Waals surface area contributed by atoms with E-state index >= 15 is 0 Å². The first-order valence-electron chi connectivity index (χ1n) is 8.18. The molecule has 3 atom stereocenters. The minimum Gasteiger partial charge on any atom is -0.379 e. The van der Waals surface area contributed by atoms with Crippen LogP contribution in [-0.2, 0) is 22.6 Å². The third kappa shape index (κ3) is 3.33. The number of fused-ring (bicyclic) bond motifs is 1. The topological polar surface area (TPSA) is 34.6 Å². The van der Waals surface area contributed by atoms with Crippen LogP contribution < -0.4 is 0 Å². The van der Waals surface area contributed by atoms with Crippen molar-refractivity contribution in [3.8, 4) is 0 Å². The van der Waals surface area contributed by atoms with Gasteiger partial charge in [-0.05, 0) is 31.2 Å². The van der Waals surface area contributed by atoms with E-state index in [9.17, 15) is 0 Å². The van der Waals surface area contributed by atoms with Crippen molar-refractivity contribution in [2.75, 3.05) is 19.8 Å². The lowest BCUT2D eigenvalue weighted by atomic mass is 10.0. The average molecular weight is 330 g/mol. The molecule has 2 aromatic rings. The Hall–Kier alpha value is -1.27. The van der Waals surface area contributed by atoms with Crippen LogP contribution >= 0.6 is 11.3 Å². The van der Waals surface area contributed by atoms with Crippen molar-refractivity contribution in [3.63, 3.8) is 0 Å². The zero-order chi connectivity index (χ0) is 15.6. The normalized spacial score (nSPS) is 27.4. The molecule has 4 rings (SSSR count). The molecule has 0 spiro atoms. The molecule has 23 heavy (non-hydrogen) atoms. The Balaban J connectivity index is 1.40. The summed E-state index contributed by atoms with van der Waals surface area (Å²) in [4.78, 5) is 9.69. The second-order valence-electron chi connectivity index (χ2n) is 6.38. The van der Waals surface area contributed by atoms with Gasteiger partial charge in [-0.15, -0.1) is 11.3 Å². The molecule has 0 unspecified atom stereocenters. The zero-order valence-electron chi connectivity index (χ0n) is 13.4. The molecule has 2 aromatic heterocycles. The Labute approximate surface area is 141 Å². The van der Waals surface area contributed by atoms with Crippen LogP contribution in [0.2, 0.25) is 0 Å². The standard InChI is InChI=1S/C18H22N2O2S/c1-13-5-6-15(23-13)8-20-9-18(16-11-21-12-17(16)20)22-10-14-4-2-3-7-19-14/h2-7,16-18H,8-12H2,1H3/t16-,17+,18+/m0/s1. The number of likely N-dealkylation sites (tertiary alicyclic amines) is 1. The van der Waals surface area contributed by atoms with E-state index in [0.717, 1.165) is 32.0 Å². The molecular formula is C18H22N2O2S. The van der Waals surface area contributed by atoms with Crippen LogP contribution in [0.15, 0.2) is 36.5 Å². The molecule has 122 valence electrons. The van der Waals surface area contributed by atoms with E-state index in [2.05, 4.69) is 28.9 Å². The maximum atomic E-state index is 6.20. The van der Waals surface area contributed by atoms with Gasteiger partial charge in [0.1, 0.15) is 0 Å². The van der Waals surface area contributed by atoms with Crippen molar-refractivity contribution in [2.45, 2.75) is 32.2 Å². The maximum absolute atomic E-state index is 6.20. The van der Waals surface area contributed by atoms with Crippen LogP contribution in [0, 0.1) is 12.8 Å². The second-order valence-corrected chi connectivity index (χ2v) is 7.75. The van der Waals surface area contributed by atoms with E-state index in [1.54, 1.807) is 0 Å². The molecule has 0 N–H and O–H groups in total. The van der Waals surface area contributed by atoms with Crippen molar-refractivity contribution < 1.29 is 9.47 Å². The van der Waals surface area contributed by atoms with Crippen LogP contribution in [-0.4, -0.2) is 41.8 Å². The van der Waals surface area contributed by atoms with Crippen molar-refractivity contribution >= 4 is 11.3 Å². The summed E-state index contributed by atoms with van der Waals surface area (Å²) >= 11 is 1.89. The van der Waals surface area contributed by atoms with Crippen LogP contribution in [0.5, 0.6) is 0 Å². The van der Waals surface area contributed by atoms with Gasteiger partial charge in [0.25, 0.3) is 0 Å². The number of rotatable bonds is 5. The lowest BCUT2D eigenvalue weighted by Gasteiger charge is -2.21. The molecule has 2 fully saturated rings. The average Bonchev–Trinajstić information content (AvgIpc) is 3.26. The number of thiophene rings is 1. The Morgan fingerprint density at radius 1 is 1.30 bits per heavy atom. The van der Waals surface area contributed by atoms with Crippen molar-refractivity contribution in [3.05, 3.63) is 52.0 Å². The number of pyridine rings is 1. The second kappa shape index (κ2) is 6.69. The molecule has 0 radical (unpaired) electrons. The van der Waals surface area contributed by atoms with Gasteiger partial charge in [0.05, 0.1) is 31.6 Å². The molecule has 0 saturated carbocycles. The van der Waals surface area contributed by atoms with Crippen LogP contribution in [0.4, 0.5) is 0 Å². The highest BCUT2D eigenvalue weighted by molar-refractivity contribution is 7.11. The van der Waals surface area contributed by atoms with E-state index in [0.29, 0.717) is 18.6 Å². The Kier molecular flexibility index (Phi) is 4.44. The van der Waals surface area contributed by atoms with Crippen molar-refractivity contribution in [1.29, 1.82) is 0 Å². The largest absolute Gasteiger partial charge is 0.379 e. The molecule has 2 saturated heterocycles. The van der Waals surface area contributed by atoms with Crippen LogP contribution in [0.3, 0.4) is 0 Å². The quantitative estimate of drug-likeness (QED) is 0.844. The summed E-state index contributed by atoms with van der Waals surface area (Å²) in [5, 5.41) is 0. The van der Waals surface area contributed by atoms with Gasteiger partial charge in [0.15, 0.2) is 0 Å². The Morgan fingerprint density at radius 2 is 2.26 bits per heavy atom. The van der Waals surface area contributed by atoms with Crippen molar-refractivity contribution in [2.24, 2.45) is 5.92 Å². The van der Waals surface area contributed by atoms with E-state index in [4.69, 9.17) is 9.47 Å². The van der Waals surface area contributed by atoms with E-state index < -0.39 is 0 Å². The molecule has 0 bridgehead atoms. The number of hydrogen-bond acceptors (Lipinski definition) is 5. The summed E-state index contributed by atoms with van der Waals surface area (Å²) in [6.07, 6.45) is 2.06. The number of aryl methyl sites for hydroxylation is 1. The highest BCUT2D eigenvalue weighted by atomic mass is 32.1. The van der Waals surface area contributed by atoms with Crippen LogP contribution in [0.25, 0.3) is 0 Å². The molecule has 2 aliphatic rings. The summed E-state index contributed by atoms with van der Waals surface area (Å²) in [5.74, 6) is 0.486. The Bertz CT molecular complexity index is 645. The Morgan fingerprint density at radius 3 is 3.04 bits per heavy atom. The summed E-state index contributed by atoms with van der Waals surface area (Å²) in [6, 6.07) is 10.9. The minimum absolute atomic E-state index is 0.241. The van der Waals surface area contributed by atoms with Gasteiger partial charge < -0.3 is 9.47 Å². The monoisotopic (exact) mass is 330 g/mol. The smallest absolute Gasteiger partial charge is 0.0892 e. The summed E-state index contributed by atoms with van der Waals surface area (Å²) in [7, 11) is 0. The fourth-order valence-corrected chi connectivity index (χ4v) is 4.51. The van der Waals surface area contributed by atoms with Gasteiger partial charge in [-0.2, -0.15) is 0 Å². The fourth-order valence-electron chi connectivity index (χ4n) is 3.60. The lowest BCUT2D eigenvalue weighted by Crippen LogP contribution is -2.31. The first-order valence-corrected chi connectivity index (χ1v) is 9.00. The molecule has 5 heteroatoms. The predicted molar refractivity (Wildman–Crippen MR) is 90.4 cm³/mol. The van der Waals surface area contributed by atoms with Gasteiger partial charge in [-0.3, -0.25) is 9.88 Å². The molecule has 0 amide bonds. The molecule has 4 heterocycles. The molecule has 0 aromatic carbocycles. The van der Waals surface area contributed by atoms with Gasteiger partial charge in [0, 0.05) is 41.0 Å². The van der Waals surface area contributed by atoms with Gasteiger partial charge in [-0.25, -0.2) is 0 Å². The summed E-state index contributed by atoms with van der Waals surface area (Å²) < 4.78 is 11.9. The number of aromatic nitrogens is 1. The number of ether oxygens (including phenoxy) is 2. The maximum Gasteiger partial charge on any atom is 0.0892 e. The number of hydrogen-bond donors (Lipinski definition) is 0. The fraction of sp³-hybridized carbons (Fsp3) is 0.500. The van der Waals surface area contributed by atoms with Gasteiger partial charge >= 0.3 is 0 Å². The molecular weight excluding hydrogens is 308 g/mol. The van der Waals surface area contributed by atoms with E-state index in [-0.39, 0.29) is 6.10 Å². The highest BCUT2D eigenvalue weighted by Gasteiger charge is 2.45. The summed E-state index contributed by atoms with van der Waals surface area (Å²) in [6.45, 7) is 6.39. The third-order valence-electron chi connectivity index (χ3n) is 4.78. The molecule has 4 nitrogen and oxygen atoms in total. The number of nitrogens with zero attached hydrogens (tertiary/aromatic N) is 2. The summed E-state index contributed by atoms with van der Waals surface area (Å²) in [5.41, 5.74) is 0.996. The first-order chi connectivity index (χ1) is 11.3. The highest BCUT2D eigenvalue weighted by Crippen LogP contribution is 2.34. The minimum atomic E-state index is 0.241. The van der Waals surface area contributed by atoms with Crippen LogP contribution in [0.1, 0.15) is 15.4 Å². The van der Waals surface area contributed by atoms with E-state index in [1.807, 2.05) is 35.7 Å². The third-order valence-corrected chi connectivity index (χ3v) is 5.77. The molecule has 2 aliphatic heterocycles.